The Morgan fingerprint density at radius 3 is 2.32 bits per heavy atom. The van der Waals surface area contributed by atoms with Gasteiger partial charge in [-0.25, -0.2) is 8.42 Å². The lowest BCUT2D eigenvalue weighted by Gasteiger charge is -2.42. The summed E-state index contributed by atoms with van der Waals surface area (Å²) < 4.78 is 22.8. The fraction of sp³-hybridized carbons (Fsp3) is 1.00. The fourth-order valence-corrected chi connectivity index (χ4v) is 4.00. The predicted octanol–water partition coefficient (Wildman–Crippen LogP) is 2.86. The molecular formula is C15H31NO2S. The molecule has 114 valence electrons. The maximum atomic E-state index is 11.4. The minimum atomic E-state index is -2.84. The van der Waals surface area contributed by atoms with Crippen LogP contribution in [-0.2, 0) is 9.84 Å². The topological polar surface area (TPSA) is 46.2 Å². The highest BCUT2D eigenvalue weighted by Gasteiger charge is 2.35. The van der Waals surface area contributed by atoms with Crippen molar-refractivity contribution in [2.75, 3.05) is 18.6 Å². The highest BCUT2D eigenvalue weighted by Crippen LogP contribution is 2.41. The van der Waals surface area contributed by atoms with Gasteiger partial charge in [0.05, 0.1) is 5.75 Å². The van der Waals surface area contributed by atoms with Crippen LogP contribution < -0.4 is 5.32 Å². The fourth-order valence-electron chi connectivity index (χ4n) is 3.27. The van der Waals surface area contributed by atoms with E-state index in [9.17, 15) is 8.42 Å². The second-order valence-electron chi connectivity index (χ2n) is 7.22. The molecule has 3 unspecified atom stereocenters. The number of nitrogens with one attached hydrogen (secondary N) is 1. The molecule has 0 spiro atoms. The predicted molar refractivity (Wildman–Crippen MR) is 82.1 cm³/mol. The van der Waals surface area contributed by atoms with E-state index in [1.165, 1.54) is 19.1 Å². The molecule has 3 atom stereocenters. The van der Waals surface area contributed by atoms with E-state index in [1.807, 2.05) is 0 Å². The Kier molecular flexibility index (Phi) is 5.87. The van der Waals surface area contributed by atoms with Gasteiger partial charge in [-0.2, -0.15) is 0 Å². The normalized spacial score (nSPS) is 29.4. The highest BCUT2D eigenvalue weighted by molar-refractivity contribution is 7.90. The van der Waals surface area contributed by atoms with Crippen LogP contribution in [0, 0.1) is 17.3 Å². The number of hydrogen-bond donors (Lipinski definition) is 1. The molecule has 0 heterocycles. The van der Waals surface area contributed by atoms with Crippen molar-refractivity contribution >= 4 is 9.84 Å². The third-order valence-corrected chi connectivity index (χ3v) is 5.51. The SMILES string of the molecule is CCNC1CCC(C(C)(C)C)CC1CCS(C)(=O)=O. The van der Waals surface area contributed by atoms with Crippen molar-refractivity contribution in [3.05, 3.63) is 0 Å². The lowest BCUT2D eigenvalue weighted by Crippen LogP contribution is -2.43. The van der Waals surface area contributed by atoms with Gasteiger partial charge in [0.25, 0.3) is 0 Å². The molecule has 0 bridgehead atoms. The summed E-state index contributed by atoms with van der Waals surface area (Å²) in [5.41, 5.74) is 0.334. The molecule has 0 aliphatic heterocycles. The van der Waals surface area contributed by atoms with Gasteiger partial charge in [-0.15, -0.1) is 0 Å². The van der Waals surface area contributed by atoms with Crippen LogP contribution in [0.1, 0.15) is 53.4 Å². The van der Waals surface area contributed by atoms with Crippen LogP contribution in [0.2, 0.25) is 0 Å². The van der Waals surface area contributed by atoms with Crippen LogP contribution in [0.5, 0.6) is 0 Å². The van der Waals surface area contributed by atoms with Gasteiger partial charge in [-0.05, 0) is 49.5 Å². The van der Waals surface area contributed by atoms with Crippen LogP contribution in [0.15, 0.2) is 0 Å². The molecule has 1 fully saturated rings. The molecule has 0 aromatic carbocycles. The third-order valence-electron chi connectivity index (χ3n) is 4.53. The van der Waals surface area contributed by atoms with Crippen molar-refractivity contribution in [3.63, 3.8) is 0 Å². The van der Waals surface area contributed by atoms with Crippen molar-refractivity contribution in [2.45, 2.75) is 59.4 Å². The molecule has 1 aliphatic rings. The summed E-state index contributed by atoms with van der Waals surface area (Å²) in [5.74, 6) is 1.55. The molecule has 19 heavy (non-hydrogen) atoms. The van der Waals surface area contributed by atoms with E-state index in [0.717, 1.165) is 19.4 Å². The first-order chi connectivity index (χ1) is 8.63. The zero-order valence-corrected chi connectivity index (χ0v) is 14.0. The Balaban J connectivity index is 2.68. The van der Waals surface area contributed by atoms with Crippen LogP contribution in [-0.4, -0.2) is 33.0 Å². The summed E-state index contributed by atoms with van der Waals surface area (Å²) in [6.07, 6.45) is 5.76. The third kappa shape index (κ3) is 5.82. The molecule has 4 heteroatoms. The summed E-state index contributed by atoms with van der Waals surface area (Å²) in [4.78, 5) is 0. The molecular weight excluding hydrogens is 258 g/mol. The molecule has 1 aliphatic carbocycles. The van der Waals surface area contributed by atoms with Crippen molar-refractivity contribution in [1.82, 2.24) is 5.32 Å². The standard InChI is InChI=1S/C15H31NO2S/c1-6-16-14-8-7-13(15(2,3)4)11-12(14)9-10-19(5,17)18/h12-14,16H,6-11H2,1-5H3. The highest BCUT2D eigenvalue weighted by atomic mass is 32.2. The lowest BCUT2D eigenvalue weighted by atomic mass is 9.67. The molecule has 0 aromatic rings. The minimum absolute atomic E-state index is 0.330. The maximum Gasteiger partial charge on any atom is 0.147 e. The van der Waals surface area contributed by atoms with Crippen LogP contribution in [0.25, 0.3) is 0 Å². The van der Waals surface area contributed by atoms with E-state index in [0.29, 0.717) is 29.0 Å². The monoisotopic (exact) mass is 289 g/mol. The lowest BCUT2D eigenvalue weighted by molar-refractivity contribution is 0.113. The largest absolute Gasteiger partial charge is 0.314 e. The molecule has 1 rings (SSSR count). The summed E-state index contributed by atoms with van der Waals surface area (Å²) in [5, 5.41) is 3.55. The van der Waals surface area contributed by atoms with Gasteiger partial charge in [0, 0.05) is 12.3 Å². The quantitative estimate of drug-likeness (QED) is 0.846. The number of rotatable bonds is 5. The first-order valence-electron chi connectivity index (χ1n) is 7.54. The van der Waals surface area contributed by atoms with Crippen LogP contribution >= 0.6 is 0 Å². The van der Waals surface area contributed by atoms with Crippen molar-refractivity contribution < 1.29 is 8.42 Å². The van der Waals surface area contributed by atoms with Crippen LogP contribution in [0.3, 0.4) is 0 Å². The second kappa shape index (κ2) is 6.57. The average molecular weight is 289 g/mol. The first kappa shape index (κ1) is 17.0. The van der Waals surface area contributed by atoms with Crippen molar-refractivity contribution in [1.29, 1.82) is 0 Å². The van der Waals surface area contributed by atoms with E-state index in [1.54, 1.807) is 0 Å². The Morgan fingerprint density at radius 2 is 1.84 bits per heavy atom. The van der Waals surface area contributed by atoms with Gasteiger partial charge in [-0.1, -0.05) is 27.7 Å². The Morgan fingerprint density at radius 1 is 1.21 bits per heavy atom. The number of sulfone groups is 1. The Labute approximate surface area is 119 Å². The van der Waals surface area contributed by atoms with Crippen molar-refractivity contribution in [3.8, 4) is 0 Å². The van der Waals surface area contributed by atoms with Crippen LogP contribution in [0.4, 0.5) is 0 Å². The Bertz CT molecular complexity index is 370. The first-order valence-corrected chi connectivity index (χ1v) is 9.60. The molecule has 0 radical (unpaired) electrons. The van der Waals surface area contributed by atoms with Crippen molar-refractivity contribution in [2.24, 2.45) is 17.3 Å². The summed E-state index contributed by atoms with van der Waals surface area (Å²) in [7, 11) is -2.84. The van der Waals surface area contributed by atoms with E-state index < -0.39 is 9.84 Å². The molecule has 3 nitrogen and oxygen atoms in total. The molecule has 1 saturated carbocycles. The summed E-state index contributed by atoms with van der Waals surface area (Å²) in [6, 6.07) is 0.505. The molecule has 0 aromatic heterocycles. The van der Waals surface area contributed by atoms with E-state index in [-0.39, 0.29) is 0 Å². The van der Waals surface area contributed by atoms with Gasteiger partial charge in [0.1, 0.15) is 9.84 Å². The van der Waals surface area contributed by atoms with Gasteiger partial charge in [-0.3, -0.25) is 0 Å². The maximum absolute atomic E-state index is 11.4. The molecule has 0 amide bonds. The molecule has 0 saturated heterocycles. The zero-order valence-electron chi connectivity index (χ0n) is 13.2. The van der Waals surface area contributed by atoms with E-state index >= 15 is 0 Å². The zero-order chi connectivity index (χ0) is 14.7. The van der Waals surface area contributed by atoms with E-state index in [2.05, 4.69) is 33.0 Å². The minimum Gasteiger partial charge on any atom is -0.314 e. The molecule has 1 N–H and O–H groups in total. The van der Waals surface area contributed by atoms with Gasteiger partial charge < -0.3 is 5.32 Å². The van der Waals surface area contributed by atoms with Gasteiger partial charge in [0.15, 0.2) is 0 Å². The summed E-state index contributed by atoms with van der Waals surface area (Å²) >= 11 is 0. The second-order valence-corrected chi connectivity index (χ2v) is 9.48. The summed E-state index contributed by atoms with van der Waals surface area (Å²) in [6.45, 7) is 10.0. The van der Waals surface area contributed by atoms with Gasteiger partial charge in [0.2, 0.25) is 0 Å². The number of hydrogen-bond acceptors (Lipinski definition) is 3. The van der Waals surface area contributed by atoms with Gasteiger partial charge >= 0.3 is 0 Å². The smallest absolute Gasteiger partial charge is 0.147 e. The average Bonchev–Trinajstić information content (AvgIpc) is 2.25. The Hall–Kier alpha value is -0.0900. The van der Waals surface area contributed by atoms with E-state index in [4.69, 9.17) is 0 Å².